The Morgan fingerprint density at radius 1 is 1.00 bits per heavy atom. The van der Waals surface area contributed by atoms with Gasteiger partial charge in [0.15, 0.2) is 0 Å². The van der Waals surface area contributed by atoms with Crippen LogP contribution in [0.2, 0.25) is 5.02 Å². The fraction of sp³-hybridized carbons (Fsp3) is 0.200. The van der Waals surface area contributed by atoms with Gasteiger partial charge in [0, 0.05) is 48.2 Å². The van der Waals surface area contributed by atoms with Gasteiger partial charge in [0.1, 0.15) is 0 Å². The molecule has 3 aromatic rings. The summed E-state index contributed by atoms with van der Waals surface area (Å²) in [7, 11) is 0. The summed E-state index contributed by atoms with van der Waals surface area (Å²) in [4.78, 5) is 19.0. The SMILES string of the molecule is O=C(/C=C/c1ccc(-c2ccc(Cl)cc2)cn1)Nc1ccc(CN2CCOCC2)cc1. The first-order chi connectivity index (χ1) is 15.2. The van der Waals surface area contributed by atoms with Gasteiger partial charge in [-0.1, -0.05) is 41.9 Å². The summed E-state index contributed by atoms with van der Waals surface area (Å²) in [6, 6.07) is 19.4. The van der Waals surface area contributed by atoms with Crippen molar-refractivity contribution in [3.05, 3.63) is 89.2 Å². The van der Waals surface area contributed by atoms with E-state index in [1.165, 1.54) is 11.6 Å². The maximum Gasteiger partial charge on any atom is 0.248 e. The van der Waals surface area contributed by atoms with Crippen molar-refractivity contribution in [2.75, 3.05) is 31.6 Å². The highest BCUT2D eigenvalue weighted by Gasteiger charge is 2.10. The molecule has 5 nitrogen and oxygen atoms in total. The molecule has 1 aliphatic rings. The minimum absolute atomic E-state index is 0.190. The van der Waals surface area contributed by atoms with Gasteiger partial charge in [-0.05, 0) is 47.5 Å². The van der Waals surface area contributed by atoms with Gasteiger partial charge in [-0.25, -0.2) is 0 Å². The minimum Gasteiger partial charge on any atom is -0.379 e. The Bertz CT molecular complexity index is 1030. The molecule has 0 atom stereocenters. The molecule has 2 aromatic carbocycles. The summed E-state index contributed by atoms with van der Waals surface area (Å²) in [6.45, 7) is 4.39. The third-order valence-corrected chi connectivity index (χ3v) is 5.35. The number of morpholine rings is 1. The number of amides is 1. The summed E-state index contributed by atoms with van der Waals surface area (Å²) >= 11 is 5.93. The quantitative estimate of drug-likeness (QED) is 0.562. The van der Waals surface area contributed by atoms with E-state index in [1.54, 1.807) is 12.3 Å². The van der Waals surface area contributed by atoms with Crippen LogP contribution in [0, 0.1) is 0 Å². The number of rotatable bonds is 6. The Morgan fingerprint density at radius 3 is 2.39 bits per heavy atom. The number of nitrogens with one attached hydrogen (secondary N) is 1. The molecule has 1 saturated heterocycles. The zero-order valence-corrected chi connectivity index (χ0v) is 17.9. The Morgan fingerprint density at radius 2 is 1.71 bits per heavy atom. The number of carbonyl (C=O) groups is 1. The van der Waals surface area contributed by atoms with Crippen molar-refractivity contribution in [2.45, 2.75) is 6.54 Å². The molecule has 6 heteroatoms. The molecule has 2 heterocycles. The number of nitrogens with zero attached hydrogens (tertiary/aromatic N) is 2. The van der Waals surface area contributed by atoms with Crippen LogP contribution in [-0.2, 0) is 16.1 Å². The van der Waals surface area contributed by atoms with Crippen LogP contribution in [-0.4, -0.2) is 42.1 Å². The molecule has 0 spiro atoms. The van der Waals surface area contributed by atoms with Gasteiger partial charge in [0.25, 0.3) is 0 Å². The third kappa shape index (κ3) is 6.25. The van der Waals surface area contributed by atoms with E-state index in [4.69, 9.17) is 16.3 Å². The fourth-order valence-corrected chi connectivity index (χ4v) is 3.50. The van der Waals surface area contributed by atoms with Gasteiger partial charge in [-0.2, -0.15) is 0 Å². The molecule has 1 aliphatic heterocycles. The number of aromatic nitrogens is 1. The Kier molecular flexibility index (Phi) is 7.10. The lowest BCUT2D eigenvalue weighted by Crippen LogP contribution is -2.35. The number of benzene rings is 2. The third-order valence-electron chi connectivity index (χ3n) is 5.10. The van der Waals surface area contributed by atoms with Crippen LogP contribution in [0.25, 0.3) is 17.2 Å². The molecule has 0 aliphatic carbocycles. The summed E-state index contributed by atoms with van der Waals surface area (Å²) in [5.74, 6) is -0.190. The van der Waals surface area contributed by atoms with Crippen LogP contribution in [0.3, 0.4) is 0 Å². The molecule has 1 amide bonds. The van der Waals surface area contributed by atoms with Crippen LogP contribution in [0.4, 0.5) is 5.69 Å². The van der Waals surface area contributed by atoms with Crippen LogP contribution < -0.4 is 5.32 Å². The highest BCUT2D eigenvalue weighted by Crippen LogP contribution is 2.21. The second-order valence-electron chi connectivity index (χ2n) is 7.39. The zero-order chi connectivity index (χ0) is 21.5. The summed E-state index contributed by atoms with van der Waals surface area (Å²) in [5, 5.41) is 3.59. The molecule has 0 saturated carbocycles. The molecule has 0 bridgehead atoms. The average Bonchev–Trinajstić information content (AvgIpc) is 2.81. The molecule has 1 fully saturated rings. The van der Waals surface area contributed by atoms with Gasteiger partial charge < -0.3 is 10.1 Å². The molecule has 0 unspecified atom stereocenters. The van der Waals surface area contributed by atoms with Gasteiger partial charge in [-0.15, -0.1) is 0 Å². The summed E-state index contributed by atoms with van der Waals surface area (Å²) in [6.07, 6.45) is 4.98. The van der Waals surface area contributed by atoms with Gasteiger partial charge in [0.05, 0.1) is 18.9 Å². The van der Waals surface area contributed by atoms with Gasteiger partial charge in [-0.3, -0.25) is 14.7 Å². The largest absolute Gasteiger partial charge is 0.379 e. The molecule has 4 rings (SSSR count). The monoisotopic (exact) mass is 433 g/mol. The number of pyridine rings is 1. The molecule has 31 heavy (non-hydrogen) atoms. The molecular weight excluding hydrogens is 410 g/mol. The van der Waals surface area contributed by atoms with E-state index in [0.29, 0.717) is 10.7 Å². The normalized spacial score (nSPS) is 14.6. The number of ether oxygens (including phenoxy) is 1. The second-order valence-corrected chi connectivity index (χ2v) is 7.82. The summed E-state index contributed by atoms with van der Waals surface area (Å²) < 4.78 is 5.38. The predicted molar refractivity (Wildman–Crippen MR) is 125 cm³/mol. The molecule has 158 valence electrons. The van der Waals surface area contributed by atoms with Crippen LogP contribution in [0.15, 0.2) is 72.9 Å². The van der Waals surface area contributed by atoms with Crippen molar-refractivity contribution in [2.24, 2.45) is 0 Å². The smallest absolute Gasteiger partial charge is 0.248 e. The molecule has 0 radical (unpaired) electrons. The lowest BCUT2D eigenvalue weighted by molar-refractivity contribution is -0.111. The van der Waals surface area contributed by atoms with E-state index in [2.05, 4.69) is 15.2 Å². The maximum atomic E-state index is 12.2. The Hall–Kier alpha value is -2.99. The van der Waals surface area contributed by atoms with E-state index in [9.17, 15) is 4.79 Å². The lowest BCUT2D eigenvalue weighted by atomic mass is 10.1. The zero-order valence-electron chi connectivity index (χ0n) is 17.1. The van der Waals surface area contributed by atoms with E-state index in [1.807, 2.05) is 60.7 Å². The number of hydrogen-bond donors (Lipinski definition) is 1. The highest BCUT2D eigenvalue weighted by molar-refractivity contribution is 6.30. The Labute approximate surface area is 187 Å². The highest BCUT2D eigenvalue weighted by atomic mass is 35.5. The van der Waals surface area contributed by atoms with Crippen LogP contribution in [0.1, 0.15) is 11.3 Å². The first kappa shape index (κ1) is 21.2. The van der Waals surface area contributed by atoms with Crippen LogP contribution in [0.5, 0.6) is 0 Å². The van der Waals surface area contributed by atoms with Gasteiger partial charge in [0.2, 0.25) is 5.91 Å². The number of hydrogen-bond acceptors (Lipinski definition) is 4. The number of carbonyl (C=O) groups excluding carboxylic acids is 1. The standard InChI is InChI=1S/C25H24ClN3O2/c26-22-6-3-20(4-7-22)21-5-10-23(27-17-21)11-12-25(30)28-24-8-1-19(2-9-24)18-29-13-15-31-16-14-29/h1-12,17H,13-16,18H2,(H,28,30)/b12-11+. The van der Waals surface area contributed by atoms with Crippen molar-refractivity contribution < 1.29 is 9.53 Å². The molecular formula is C25H24ClN3O2. The topological polar surface area (TPSA) is 54.5 Å². The van der Waals surface area contributed by atoms with Crippen molar-refractivity contribution in [3.8, 4) is 11.1 Å². The second kappa shape index (κ2) is 10.4. The summed E-state index contributed by atoms with van der Waals surface area (Å²) in [5.41, 5.74) is 4.75. The fourth-order valence-electron chi connectivity index (χ4n) is 3.37. The molecule has 1 N–H and O–H groups in total. The number of halogens is 1. The van der Waals surface area contributed by atoms with E-state index >= 15 is 0 Å². The lowest BCUT2D eigenvalue weighted by Gasteiger charge is -2.26. The van der Waals surface area contributed by atoms with E-state index in [0.717, 1.165) is 49.7 Å². The van der Waals surface area contributed by atoms with Crippen molar-refractivity contribution >= 4 is 29.3 Å². The van der Waals surface area contributed by atoms with Crippen molar-refractivity contribution in [1.29, 1.82) is 0 Å². The van der Waals surface area contributed by atoms with Gasteiger partial charge >= 0.3 is 0 Å². The van der Waals surface area contributed by atoms with E-state index < -0.39 is 0 Å². The molecule has 1 aromatic heterocycles. The minimum atomic E-state index is -0.190. The Balaban J connectivity index is 1.30. The van der Waals surface area contributed by atoms with Crippen molar-refractivity contribution in [1.82, 2.24) is 9.88 Å². The van der Waals surface area contributed by atoms with E-state index in [-0.39, 0.29) is 5.91 Å². The van der Waals surface area contributed by atoms with Crippen LogP contribution >= 0.6 is 11.6 Å². The van der Waals surface area contributed by atoms with Crippen molar-refractivity contribution in [3.63, 3.8) is 0 Å². The average molecular weight is 434 g/mol. The first-order valence-corrected chi connectivity index (χ1v) is 10.6. The number of anilines is 1. The first-order valence-electron chi connectivity index (χ1n) is 10.3. The predicted octanol–water partition coefficient (Wildman–Crippen LogP) is 4.89. The maximum absolute atomic E-state index is 12.2.